The van der Waals surface area contributed by atoms with Crippen molar-refractivity contribution in [2.45, 2.75) is 20.3 Å². The van der Waals surface area contributed by atoms with Crippen molar-refractivity contribution in [3.05, 3.63) is 0 Å². The van der Waals surface area contributed by atoms with E-state index in [-0.39, 0.29) is 5.91 Å². The van der Waals surface area contributed by atoms with Gasteiger partial charge in [0.2, 0.25) is 5.91 Å². The van der Waals surface area contributed by atoms with Gasteiger partial charge in [-0.05, 0) is 12.3 Å². The fourth-order valence-electron chi connectivity index (χ4n) is 0.960. The van der Waals surface area contributed by atoms with Gasteiger partial charge in [0, 0.05) is 13.2 Å². The molecular weight excluding hydrogens is 210 g/mol. The molecule has 0 aromatic rings. The number of aliphatic hydroxyl groups excluding tert-OH is 1. The Morgan fingerprint density at radius 1 is 1.19 bits per heavy atom. The van der Waals surface area contributed by atoms with Crippen LogP contribution in [0.15, 0.2) is 0 Å². The lowest BCUT2D eigenvalue weighted by Gasteiger charge is -2.07. The van der Waals surface area contributed by atoms with Crippen molar-refractivity contribution in [2.75, 3.05) is 39.6 Å². The van der Waals surface area contributed by atoms with Crippen molar-refractivity contribution >= 4 is 5.91 Å². The van der Waals surface area contributed by atoms with Crippen molar-refractivity contribution in [2.24, 2.45) is 5.92 Å². The van der Waals surface area contributed by atoms with Gasteiger partial charge in [0.15, 0.2) is 0 Å². The average molecular weight is 233 g/mol. The molecule has 0 atom stereocenters. The number of amides is 1. The van der Waals surface area contributed by atoms with Gasteiger partial charge in [0.25, 0.3) is 0 Å². The second-order valence-electron chi connectivity index (χ2n) is 3.92. The summed E-state index contributed by atoms with van der Waals surface area (Å²) in [5, 5.41) is 10.9. The predicted molar refractivity (Wildman–Crippen MR) is 61.2 cm³/mol. The van der Waals surface area contributed by atoms with Crippen LogP contribution in [0.25, 0.3) is 0 Å². The van der Waals surface area contributed by atoms with Crippen LogP contribution < -0.4 is 5.32 Å². The zero-order valence-electron chi connectivity index (χ0n) is 10.2. The summed E-state index contributed by atoms with van der Waals surface area (Å²) in [4.78, 5) is 10.6. The van der Waals surface area contributed by atoms with Gasteiger partial charge < -0.3 is 19.9 Å². The number of ether oxygens (including phenoxy) is 2. The maximum Gasteiger partial charge on any atom is 0.245 e. The van der Waals surface area contributed by atoms with Crippen LogP contribution in [0.5, 0.6) is 0 Å². The Kier molecular flexibility index (Phi) is 10.4. The van der Waals surface area contributed by atoms with E-state index in [9.17, 15) is 4.79 Å². The molecule has 0 radical (unpaired) electrons. The lowest BCUT2D eigenvalue weighted by Crippen LogP contribution is -2.29. The van der Waals surface area contributed by atoms with E-state index in [0.29, 0.717) is 32.3 Å². The molecule has 0 aromatic heterocycles. The second-order valence-corrected chi connectivity index (χ2v) is 3.92. The number of hydrogen-bond donors (Lipinski definition) is 2. The van der Waals surface area contributed by atoms with E-state index in [2.05, 4.69) is 19.2 Å². The van der Waals surface area contributed by atoms with Crippen LogP contribution >= 0.6 is 0 Å². The van der Waals surface area contributed by atoms with Gasteiger partial charge in [-0.15, -0.1) is 0 Å². The van der Waals surface area contributed by atoms with Gasteiger partial charge in [-0.1, -0.05) is 13.8 Å². The van der Waals surface area contributed by atoms with Crippen molar-refractivity contribution in [3.63, 3.8) is 0 Å². The highest BCUT2D eigenvalue weighted by Gasteiger charge is 1.96. The Morgan fingerprint density at radius 3 is 2.38 bits per heavy atom. The van der Waals surface area contributed by atoms with Crippen LogP contribution in [0, 0.1) is 5.92 Å². The van der Waals surface area contributed by atoms with Crippen LogP contribution in [0.2, 0.25) is 0 Å². The molecule has 2 N–H and O–H groups in total. The van der Waals surface area contributed by atoms with E-state index in [1.165, 1.54) is 0 Å². The highest BCUT2D eigenvalue weighted by molar-refractivity contribution is 5.76. The molecule has 0 spiro atoms. The molecule has 0 bridgehead atoms. The minimum absolute atomic E-state index is 0.378. The van der Waals surface area contributed by atoms with Crippen LogP contribution in [-0.2, 0) is 14.3 Å². The highest BCUT2D eigenvalue weighted by Crippen LogP contribution is 1.98. The standard InChI is InChI=1S/C11H23NO4/c1-10(2)3-5-15-7-8-16-6-4-12-11(14)9-13/h10,13H,3-9H2,1-2H3,(H,12,14). The first-order chi connectivity index (χ1) is 7.66. The van der Waals surface area contributed by atoms with Gasteiger partial charge in [-0.25, -0.2) is 0 Å². The van der Waals surface area contributed by atoms with Gasteiger partial charge in [-0.2, -0.15) is 0 Å². The molecule has 5 nitrogen and oxygen atoms in total. The summed E-state index contributed by atoms with van der Waals surface area (Å²) in [5.74, 6) is 0.284. The first kappa shape index (κ1) is 15.3. The fourth-order valence-corrected chi connectivity index (χ4v) is 0.960. The van der Waals surface area contributed by atoms with Crippen molar-refractivity contribution in [1.82, 2.24) is 5.32 Å². The molecule has 0 rings (SSSR count). The summed E-state index contributed by atoms with van der Waals surface area (Å²) in [6.07, 6.45) is 1.06. The van der Waals surface area contributed by atoms with Crippen molar-refractivity contribution in [3.8, 4) is 0 Å². The molecule has 16 heavy (non-hydrogen) atoms. The van der Waals surface area contributed by atoms with E-state index in [4.69, 9.17) is 14.6 Å². The number of nitrogens with one attached hydrogen (secondary N) is 1. The van der Waals surface area contributed by atoms with Crippen LogP contribution in [0.1, 0.15) is 20.3 Å². The van der Waals surface area contributed by atoms with Crippen LogP contribution in [0.4, 0.5) is 0 Å². The minimum Gasteiger partial charge on any atom is -0.387 e. The average Bonchev–Trinajstić information content (AvgIpc) is 2.26. The molecular formula is C11H23NO4. The smallest absolute Gasteiger partial charge is 0.245 e. The molecule has 0 saturated carbocycles. The molecule has 0 unspecified atom stereocenters. The normalized spacial score (nSPS) is 10.8. The minimum atomic E-state index is -0.474. The Balaban J connectivity index is 3.01. The third-order valence-corrected chi connectivity index (χ3v) is 1.92. The maximum atomic E-state index is 10.6. The monoisotopic (exact) mass is 233 g/mol. The SMILES string of the molecule is CC(C)CCOCCOCCNC(=O)CO. The summed E-state index contributed by atoms with van der Waals surface area (Å²) in [6.45, 7) is 6.59. The summed E-state index contributed by atoms with van der Waals surface area (Å²) in [7, 11) is 0. The molecule has 0 fully saturated rings. The third kappa shape index (κ3) is 11.4. The van der Waals surface area contributed by atoms with E-state index >= 15 is 0 Å². The van der Waals surface area contributed by atoms with Gasteiger partial charge in [-0.3, -0.25) is 4.79 Å². The Bertz CT molecular complexity index is 173. The predicted octanol–water partition coefficient (Wildman–Crippen LogP) is 0.174. The number of carbonyl (C=O) groups is 1. The maximum absolute atomic E-state index is 10.6. The van der Waals surface area contributed by atoms with Gasteiger partial charge in [0.1, 0.15) is 6.61 Å². The highest BCUT2D eigenvalue weighted by atomic mass is 16.5. The van der Waals surface area contributed by atoms with E-state index < -0.39 is 6.61 Å². The number of hydrogen-bond acceptors (Lipinski definition) is 4. The largest absolute Gasteiger partial charge is 0.387 e. The topological polar surface area (TPSA) is 67.8 Å². The summed E-state index contributed by atoms with van der Waals surface area (Å²) in [6, 6.07) is 0. The van der Waals surface area contributed by atoms with Gasteiger partial charge >= 0.3 is 0 Å². The molecule has 0 aliphatic rings. The fraction of sp³-hybridized carbons (Fsp3) is 0.909. The summed E-state index contributed by atoms with van der Waals surface area (Å²) >= 11 is 0. The van der Waals surface area contributed by atoms with Gasteiger partial charge in [0.05, 0.1) is 19.8 Å². The first-order valence-corrected chi connectivity index (χ1v) is 5.70. The van der Waals surface area contributed by atoms with Crippen molar-refractivity contribution < 1.29 is 19.4 Å². The molecule has 0 aliphatic heterocycles. The summed E-state index contributed by atoms with van der Waals surface area (Å²) < 4.78 is 10.6. The van der Waals surface area contributed by atoms with Crippen LogP contribution in [0.3, 0.4) is 0 Å². The first-order valence-electron chi connectivity index (χ1n) is 5.70. The number of aliphatic hydroxyl groups is 1. The Morgan fingerprint density at radius 2 is 1.81 bits per heavy atom. The molecule has 1 amide bonds. The molecule has 5 heteroatoms. The number of carbonyl (C=O) groups excluding carboxylic acids is 1. The van der Waals surface area contributed by atoms with E-state index in [0.717, 1.165) is 13.0 Å². The molecule has 0 aromatic carbocycles. The zero-order valence-corrected chi connectivity index (χ0v) is 10.2. The molecule has 0 saturated heterocycles. The number of rotatable bonds is 10. The van der Waals surface area contributed by atoms with E-state index in [1.807, 2.05) is 0 Å². The Hall–Kier alpha value is -0.650. The molecule has 0 aliphatic carbocycles. The third-order valence-electron chi connectivity index (χ3n) is 1.92. The lowest BCUT2D eigenvalue weighted by molar-refractivity contribution is -0.124. The molecule has 96 valence electrons. The van der Waals surface area contributed by atoms with Crippen molar-refractivity contribution in [1.29, 1.82) is 0 Å². The quantitative estimate of drug-likeness (QED) is 0.528. The summed E-state index contributed by atoms with van der Waals surface area (Å²) in [5.41, 5.74) is 0. The second kappa shape index (κ2) is 10.9. The van der Waals surface area contributed by atoms with E-state index in [1.54, 1.807) is 0 Å². The van der Waals surface area contributed by atoms with Crippen LogP contribution in [-0.4, -0.2) is 50.6 Å². The zero-order chi connectivity index (χ0) is 12.2. The molecule has 0 heterocycles. The lowest BCUT2D eigenvalue weighted by atomic mass is 10.1. The Labute approximate surface area is 97.1 Å².